The van der Waals surface area contributed by atoms with Gasteiger partial charge in [-0.1, -0.05) is 49.7 Å². The van der Waals surface area contributed by atoms with E-state index in [1.54, 1.807) is 12.1 Å². The number of nitrogens with zero attached hydrogens (tertiary/aromatic N) is 2. The molecule has 0 aromatic heterocycles. The van der Waals surface area contributed by atoms with Crippen LogP contribution in [-0.2, 0) is 14.8 Å². The predicted molar refractivity (Wildman–Crippen MR) is 111 cm³/mol. The van der Waals surface area contributed by atoms with Crippen LogP contribution >= 0.6 is 0 Å². The van der Waals surface area contributed by atoms with Crippen molar-refractivity contribution in [1.29, 1.82) is 0 Å². The monoisotopic (exact) mass is 415 g/mol. The number of hydrogen-bond acceptors (Lipinski definition) is 5. The maximum atomic E-state index is 12.8. The molecular weight excluding hydrogens is 390 g/mol. The van der Waals surface area contributed by atoms with Gasteiger partial charge in [0.1, 0.15) is 0 Å². The molecule has 1 amide bonds. The number of nitrogens with one attached hydrogen (secondary N) is 1. The zero-order chi connectivity index (χ0) is 20.7. The molecule has 1 fully saturated rings. The van der Waals surface area contributed by atoms with Crippen LogP contribution in [0, 0.1) is 0 Å². The molecule has 1 N–H and O–H groups in total. The van der Waals surface area contributed by atoms with Crippen LogP contribution in [0.3, 0.4) is 0 Å². The first-order valence-electron chi connectivity index (χ1n) is 9.62. The quantitative estimate of drug-likeness (QED) is 0.556. The smallest absolute Gasteiger partial charge is 0.271 e. The summed E-state index contributed by atoms with van der Waals surface area (Å²) in [6.45, 7) is 3.39. The normalized spacial score (nSPS) is 15.8. The number of hydrogen-bond donors (Lipinski definition) is 1. The van der Waals surface area contributed by atoms with Crippen LogP contribution < -0.4 is 5.43 Å². The van der Waals surface area contributed by atoms with E-state index >= 15 is 0 Å². The number of carbonyl (C=O) groups is 1. The van der Waals surface area contributed by atoms with E-state index in [4.69, 9.17) is 4.74 Å². The molecule has 7 nitrogen and oxygen atoms in total. The Hall–Kier alpha value is -2.55. The van der Waals surface area contributed by atoms with Crippen molar-refractivity contribution in [3.8, 4) is 0 Å². The zero-order valence-electron chi connectivity index (χ0n) is 16.4. The summed E-state index contributed by atoms with van der Waals surface area (Å²) in [4.78, 5) is 12.7. The van der Waals surface area contributed by atoms with E-state index in [1.165, 1.54) is 16.4 Å². The molecular formula is C21H25N3O4S. The highest BCUT2D eigenvalue weighted by molar-refractivity contribution is 7.89. The van der Waals surface area contributed by atoms with E-state index < -0.39 is 15.9 Å². The van der Waals surface area contributed by atoms with Gasteiger partial charge in [0.2, 0.25) is 10.0 Å². The molecule has 1 saturated heterocycles. The third-order valence-corrected chi connectivity index (χ3v) is 6.48. The minimum Gasteiger partial charge on any atom is -0.379 e. The number of sulfonamides is 1. The molecule has 29 heavy (non-hydrogen) atoms. The van der Waals surface area contributed by atoms with Gasteiger partial charge in [-0.2, -0.15) is 9.41 Å². The fourth-order valence-corrected chi connectivity index (χ4v) is 4.50. The van der Waals surface area contributed by atoms with Crippen molar-refractivity contribution in [2.75, 3.05) is 26.3 Å². The molecule has 0 atom stereocenters. The molecule has 2 aromatic carbocycles. The second-order valence-corrected chi connectivity index (χ2v) is 8.60. The highest BCUT2D eigenvalue weighted by Gasteiger charge is 2.26. The van der Waals surface area contributed by atoms with Crippen LogP contribution in [0.15, 0.2) is 64.6 Å². The number of ether oxygens (including phenoxy) is 1. The van der Waals surface area contributed by atoms with Gasteiger partial charge in [0.15, 0.2) is 0 Å². The van der Waals surface area contributed by atoms with Gasteiger partial charge in [0, 0.05) is 18.7 Å². The van der Waals surface area contributed by atoms with Crippen molar-refractivity contribution >= 4 is 21.6 Å². The highest BCUT2D eigenvalue weighted by Crippen LogP contribution is 2.18. The first-order chi connectivity index (χ1) is 14.0. The molecule has 3 rings (SSSR count). The van der Waals surface area contributed by atoms with Crippen molar-refractivity contribution < 1.29 is 17.9 Å². The first kappa shape index (κ1) is 21.2. The summed E-state index contributed by atoms with van der Waals surface area (Å²) in [6, 6.07) is 15.7. The molecule has 0 spiro atoms. The Morgan fingerprint density at radius 3 is 2.45 bits per heavy atom. The number of carbonyl (C=O) groups excluding carboxylic acids is 1. The second kappa shape index (κ2) is 9.78. The molecule has 0 bridgehead atoms. The van der Waals surface area contributed by atoms with Crippen LogP contribution in [0.2, 0.25) is 0 Å². The molecule has 0 saturated carbocycles. The third kappa shape index (κ3) is 5.29. The topological polar surface area (TPSA) is 88.1 Å². The van der Waals surface area contributed by atoms with Gasteiger partial charge in [-0.15, -0.1) is 0 Å². The van der Waals surface area contributed by atoms with E-state index in [0.717, 1.165) is 24.1 Å². The fourth-order valence-electron chi connectivity index (χ4n) is 3.05. The highest BCUT2D eigenvalue weighted by atomic mass is 32.2. The van der Waals surface area contributed by atoms with Crippen molar-refractivity contribution in [3.63, 3.8) is 0 Å². The molecule has 8 heteroatoms. The van der Waals surface area contributed by atoms with Gasteiger partial charge in [-0.05, 0) is 30.2 Å². The lowest BCUT2D eigenvalue weighted by atomic mass is 10.1. The zero-order valence-corrected chi connectivity index (χ0v) is 17.2. The lowest BCUT2D eigenvalue weighted by Gasteiger charge is -2.26. The molecule has 1 aliphatic rings. The van der Waals surface area contributed by atoms with Crippen molar-refractivity contribution in [3.05, 3.63) is 65.7 Å². The molecule has 0 unspecified atom stereocenters. The Morgan fingerprint density at radius 1 is 1.07 bits per heavy atom. The van der Waals surface area contributed by atoms with E-state index in [9.17, 15) is 13.2 Å². The first-order valence-corrected chi connectivity index (χ1v) is 11.1. The maximum Gasteiger partial charge on any atom is 0.271 e. The summed E-state index contributed by atoms with van der Waals surface area (Å²) < 4.78 is 32.2. The summed E-state index contributed by atoms with van der Waals surface area (Å²) in [7, 11) is -3.66. The van der Waals surface area contributed by atoms with Crippen molar-refractivity contribution in [2.45, 2.75) is 24.7 Å². The van der Waals surface area contributed by atoms with Gasteiger partial charge >= 0.3 is 0 Å². The lowest BCUT2D eigenvalue weighted by molar-refractivity contribution is 0.0730. The standard InChI is InChI=1S/C21H25N3O4S/c1-2-7-20(17-8-4-3-5-9-17)22-23-21(25)18-10-6-11-19(16-18)29(26,27)24-12-14-28-15-13-24/h3-6,8-11,16H,2,7,12-15H2,1H3,(H,23,25)/b22-20-. The number of amides is 1. The summed E-state index contributed by atoms with van der Waals surface area (Å²) >= 11 is 0. The summed E-state index contributed by atoms with van der Waals surface area (Å²) in [5, 5.41) is 4.28. The predicted octanol–water partition coefficient (Wildman–Crippen LogP) is 2.64. The molecule has 0 aliphatic carbocycles. The van der Waals surface area contributed by atoms with Crippen LogP contribution in [-0.4, -0.2) is 50.6 Å². The SMILES string of the molecule is CCC/C(=N/NC(=O)c1cccc(S(=O)(=O)N2CCOCC2)c1)c1ccccc1. The molecule has 1 heterocycles. The third-order valence-electron chi connectivity index (χ3n) is 4.59. The van der Waals surface area contributed by atoms with Crippen molar-refractivity contribution in [2.24, 2.45) is 5.10 Å². The average molecular weight is 416 g/mol. The summed E-state index contributed by atoms with van der Waals surface area (Å²) in [5.74, 6) is -0.450. The second-order valence-electron chi connectivity index (χ2n) is 6.66. The van der Waals surface area contributed by atoms with E-state index in [2.05, 4.69) is 10.5 Å². The largest absolute Gasteiger partial charge is 0.379 e. The van der Waals surface area contributed by atoms with Gasteiger partial charge in [-0.3, -0.25) is 4.79 Å². The molecule has 1 aliphatic heterocycles. The lowest BCUT2D eigenvalue weighted by Crippen LogP contribution is -2.40. The maximum absolute atomic E-state index is 12.8. The van der Waals surface area contributed by atoms with Gasteiger partial charge < -0.3 is 4.74 Å². The Bertz CT molecular complexity index is 968. The van der Waals surface area contributed by atoms with E-state index in [1.807, 2.05) is 37.3 Å². The Morgan fingerprint density at radius 2 is 1.76 bits per heavy atom. The minimum absolute atomic E-state index is 0.0906. The fraction of sp³-hybridized carbons (Fsp3) is 0.333. The Labute approximate surface area is 171 Å². The Balaban J connectivity index is 1.78. The van der Waals surface area contributed by atoms with Crippen LogP contribution in [0.1, 0.15) is 35.7 Å². The Kier molecular flexibility index (Phi) is 7.13. The van der Waals surface area contributed by atoms with E-state index in [0.29, 0.717) is 26.3 Å². The van der Waals surface area contributed by atoms with Crippen molar-refractivity contribution in [1.82, 2.24) is 9.73 Å². The van der Waals surface area contributed by atoms with E-state index in [-0.39, 0.29) is 10.5 Å². The number of hydrazone groups is 1. The molecule has 154 valence electrons. The van der Waals surface area contributed by atoms with Gasteiger partial charge in [0.25, 0.3) is 5.91 Å². The summed E-state index contributed by atoms with van der Waals surface area (Å²) in [5.41, 5.74) is 4.52. The average Bonchev–Trinajstić information content (AvgIpc) is 2.77. The number of rotatable bonds is 7. The van der Waals surface area contributed by atoms with Gasteiger partial charge in [-0.25, -0.2) is 13.8 Å². The molecule has 2 aromatic rings. The van der Waals surface area contributed by atoms with Gasteiger partial charge in [0.05, 0.1) is 23.8 Å². The number of morpholine rings is 1. The molecule has 0 radical (unpaired) electrons. The van der Waals surface area contributed by atoms with Crippen LogP contribution in [0.25, 0.3) is 0 Å². The van der Waals surface area contributed by atoms with Crippen LogP contribution in [0.4, 0.5) is 0 Å². The summed E-state index contributed by atoms with van der Waals surface area (Å²) in [6.07, 6.45) is 1.60. The minimum atomic E-state index is -3.66. The number of benzene rings is 2. The van der Waals surface area contributed by atoms with Crippen LogP contribution in [0.5, 0.6) is 0 Å².